The first-order chi connectivity index (χ1) is 39.8. The molecule has 0 amide bonds. The van der Waals surface area contributed by atoms with E-state index in [9.17, 15) is 0 Å². The van der Waals surface area contributed by atoms with Gasteiger partial charge in [0.25, 0.3) is 0 Å². The fourth-order valence-electron chi connectivity index (χ4n) is 15.5. The first-order valence-electron chi connectivity index (χ1n) is 28.1. The molecule has 0 saturated carbocycles. The standard InChI is InChI=1S/C80H44/c1-5-19-45(20-6-1)49-33-34-60-65(43-49)68(48-25-11-4-12-26-48)77-62-40-36-57-59-38-42-64-74-63(41-37-58(71(59)74)56-35-39-61(73(62)70(56)57)76(77)67(60)47-23-9-3-10-24-47)78-72(53-30-16-15-28-51(53)46-21-7-2-8-22-46)66-44-50-27-13-14-29-52(50)69-54-31-17-18-32-55(54)75(79(64)78)80(66)69/h1-44H. The third kappa shape index (κ3) is 5.40. The summed E-state index contributed by atoms with van der Waals surface area (Å²) in [6, 6.07) is 101. The molecule has 0 heteroatoms. The zero-order valence-electron chi connectivity index (χ0n) is 43.4. The smallest absolute Gasteiger partial charge is 0.000695 e. The Bertz CT molecular complexity index is 5640. The molecule has 0 fully saturated rings. The predicted molar refractivity (Wildman–Crippen MR) is 344 cm³/mol. The van der Waals surface area contributed by atoms with Gasteiger partial charge >= 0.3 is 0 Å². The third-order valence-corrected chi connectivity index (χ3v) is 18.6. The molecule has 1 aliphatic carbocycles. The normalized spacial score (nSPS) is 12.5. The van der Waals surface area contributed by atoms with Crippen LogP contribution in [0.4, 0.5) is 0 Å². The summed E-state index contributed by atoms with van der Waals surface area (Å²) in [6.45, 7) is 0. The van der Waals surface area contributed by atoms with Crippen molar-refractivity contribution in [2.24, 2.45) is 0 Å². The van der Waals surface area contributed by atoms with Crippen LogP contribution >= 0.6 is 0 Å². The number of rotatable bonds is 5. The van der Waals surface area contributed by atoms with Crippen LogP contribution in [0.1, 0.15) is 0 Å². The molecule has 0 atom stereocenters. The lowest BCUT2D eigenvalue weighted by atomic mass is 9.82. The minimum absolute atomic E-state index is 1.22. The third-order valence-electron chi connectivity index (χ3n) is 18.6. The summed E-state index contributed by atoms with van der Waals surface area (Å²) in [5, 5.41) is 29.1. The van der Waals surface area contributed by atoms with Crippen LogP contribution in [0.3, 0.4) is 0 Å². The van der Waals surface area contributed by atoms with Crippen LogP contribution in [0.15, 0.2) is 267 Å². The highest BCUT2D eigenvalue weighted by atomic mass is 14.4. The maximum absolute atomic E-state index is 2.51. The molecule has 364 valence electrons. The van der Waals surface area contributed by atoms with Gasteiger partial charge in [0.05, 0.1) is 0 Å². The molecule has 18 aromatic carbocycles. The molecule has 0 N–H and O–H groups in total. The Morgan fingerprint density at radius 3 is 1.18 bits per heavy atom. The highest BCUT2D eigenvalue weighted by molar-refractivity contribution is 6.53. The molecule has 1 aliphatic rings. The lowest BCUT2D eigenvalue weighted by Crippen LogP contribution is -1.94. The quantitative estimate of drug-likeness (QED) is 0.119. The summed E-state index contributed by atoms with van der Waals surface area (Å²) in [7, 11) is 0. The topological polar surface area (TPSA) is 0 Å². The van der Waals surface area contributed by atoms with Gasteiger partial charge in [-0.15, -0.1) is 0 Å². The molecule has 0 bridgehead atoms. The van der Waals surface area contributed by atoms with Gasteiger partial charge in [-0.25, -0.2) is 0 Å². The minimum Gasteiger partial charge on any atom is -0.0622 e. The molecule has 0 radical (unpaired) electrons. The maximum atomic E-state index is 2.51. The van der Waals surface area contributed by atoms with Crippen molar-refractivity contribution in [2.75, 3.05) is 0 Å². The first-order valence-corrected chi connectivity index (χ1v) is 28.1. The van der Waals surface area contributed by atoms with Gasteiger partial charge in [-0.2, -0.15) is 0 Å². The van der Waals surface area contributed by atoms with Crippen molar-refractivity contribution in [3.05, 3.63) is 267 Å². The van der Waals surface area contributed by atoms with Gasteiger partial charge in [-0.3, -0.25) is 0 Å². The lowest BCUT2D eigenvalue weighted by molar-refractivity contribution is 1.61. The van der Waals surface area contributed by atoms with Gasteiger partial charge in [-0.1, -0.05) is 255 Å². The van der Waals surface area contributed by atoms with Crippen molar-refractivity contribution in [1.29, 1.82) is 0 Å². The van der Waals surface area contributed by atoms with Gasteiger partial charge in [-0.05, 0) is 209 Å². The second-order valence-corrected chi connectivity index (χ2v) is 22.4. The molecule has 80 heavy (non-hydrogen) atoms. The summed E-state index contributed by atoms with van der Waals surface area (Å²) in [5.41, 5.74) is 17.8. The van der Waals surface area contributed by atoms with Crippen molar-refractivity contribution in [1.82, 2.24) is 0 Å². The van der Waals surface area contributed by atoms with Crippen molar-refractivity contribution >= 4 is 118 Å². The molecule has 0 saturated heterocycles. The predicted octanol–water partition coefficient (Wildman–Crippen LogP) is 22.7. The second kappa shape index (κ2) is 15.6. The number of hydrogen-bond donors (Lipinski definition) is 0. The van der Waals surface area contributed by atoms with Crippen LogP contribution in [0.5, 0.6) is 0 Å². The van der Waals surface area contributed by atoms with E-state index in [1.54, 1.807) is 0 Å². The fourth-order valence-corrected chi connectivity index (χ4v) is 15.5. The number of hydrogen-bond acceptors (Lipinski definition) is 0. The van der Waals surface area contributed by atoms with E-state index in [4.69, 9.17) is 0 Å². The van der Waals surface area contributed by atoms with Crippen LogP contribution in [-0.4, -0.2) is 0 Å². The molecule has 0 spiro atoms. The Hall–Kier alpha value is -10.4. The van der Waals surface area contributed by atoms with Crippen LogP contribution in [-0.2, 0) is 0 Å². The molecule has 0 heterocycles. The summed E-state index contributed by atoms with van der Waals surface area (Å²) >= 11 is 0. The summed E-state index contributed by atoms with van der Waals surface area (Å²) in [5.74, 6) is 0. The largest absolute Gasteiger partial charge is 0.0622 e. The second-order valence-electron chi connectivity index (χ2n) is 22.4. The maximum Gasteiger partial charge on any atom is -0.000695 e. The van der Waals surface area contributed by atoms with Gasteiger partial charge in [0.15, 0.2) is 0 Å². The van der Waals surface area contributed by atoms with Crippen LogP contribution in [0, 0.1) is 0 Å². The number of fused-ring (bicyclic) bond motifs is 15. The van der Waals surface area contributed by atoms with Crippen LogP contribution in [0.2, 0.25) is 0 Å². The zero-order chi connectivity index (χ0) is 51.9. The molecule has 18 aromatic rings. The average Bonchev–Trinajstić information content (AvgIpc) is 4.35. The molecule has 19 rings (SSSR count). The van der Waals surface area contributed by atoms with E-state index in [1.807, 2.05) is 0 Å². The highest BCUT2D eigenvalue weighted by Gasteiger charge is 2.34. The van der Waals surface area contributed by atoms with Crippen LogP contribution in [0.25, 0.3) is 196 Å². The molecule has 0 unspecified atom stereocenters. The van der Waals surface area contributed by atoms with Crippen molar-refractivity contribution in [3.8, 4) is 77.9 Å². The van der Waals surface area contributed by atoms with E-state index < -0.39 is 0 Å². The Labute approximate surface area is 460 Å². The fraction of sp³-hybridized carbons (Fsp3) is 0. The van der Waals surface area contributed by atoms with Gasteiger partial charge in [0.2, 0.25) is 0 Å². The lowest BCUT2D eigenvalue weighted by Gasteiger charge is -2.21. The van der Waals surface area contributed by atoms with Gasteiger partial charge < -0.3 is 0 Å². The van der Waals surface area contributed by atoms with E-state index in [-0.39, 0.29) is 0 Å². The molecule has 0 aliphatic heterocycles. The van der Waals surface area contributed by atoms with Crippen molar-refractivity contribution in [3.63, 3.8) is 0 Å². The Morgan fingerprint density at radius 1 is 0.138 bits per heavy atom. The van der Waals surface area contributed by atoms with E-state index in [0.29, 0.717) is 0 Å². The van der Waals surface area contributed by atoms with Gasteiger partial charge in [0, 0.05) is 0 Å². The van der Waals surface area contributed by atoms with E-state index in [0.717, 1.165) is 0 Å². The highest BCUT2D eigenvalue weighted by Crippen LogP contribution is 2.62. The Morgan fingerprint density at radius 2 is 0.537 bits per heavy atom. The molecular formula is C80H44. The molecular weight excluding hydrogens is 961 g/mol. The van der Waals surface area contributed by atoms with Crippen LogP contribution < -0.4 is 0 Å². The first kappa shape index (κ1) is 42.7. The summed E-state index contributed by atoms with van der Waals surface area (Å²) in [6.07, 6.45) is 0. The van der Waals surface area contributed by atoms with E-state index in [2.05, 4.69) is 267 Å². The van der Waals surface area contributed by atoms with Gasteiger partial charge in [0.1, 0.15) is 0 Å². The van der Waals surface area contributed by atoms with E-state index in [1.165, 1.54) is 196 Å². The van der Waals surface area contributed by atoms with Crippen molar-refractivity contribution in [2.45, 2.75) is 0 Å². The zero-order valence-corrected chi connectivity index (χ0v) is 43.4. The SMILES string of the molecule is c1ccc(-c2ccc3c(-c4ccccc4)c4c(c(-c5ccccc5)c3c2)-c2ccc3c5ccc6c7c(ccc(c8ccc-4c2c83)c57)c2c(-c3ccccc3-c3ccccc3)c3cc4ccccc4c4c5ccccc5c(c62)c34)cc1. The minimum atomic E-state index is 1.22. The summed E-state index contributed by atoms with van der Waals surface area (Å²) in [4.78, 5) is 0. The van der Waals surface area contributed by atoms with E-state index >= 15 is 0 Å². The Balaban J connectivity index is 0.970. The number of benzene rings is 16. The van der Waals surface area contributed by atoms with Crippen molar-refractivity contribution < 1.29 is 0 Å². The Kier molecular flexibility index (Phi) is 8.34. The monoisotopic (exact) mass is 1000 g/mol. The molecule has 0 nitrogen and oxygen atoms in total. The average molecular weight is 1010 g/mol. The summed E-state index contributed by atoms with van der Waals surface area (Å²) < 4.78 is 0. The molecule has 0 aromatic heterocycles.